The summed E-state index contributed by atoms with van der Waals surface area (Å²) in [6, 6.07) is 0. The summed E-state index contributed by atoms with van der Waals surface area (Å²) in [5.74, 6) is -1.71. The zero-order valence-electron chi connectivity index (χ0n) is 47.8. The summed E-state index contributed by atoms with van der Waals surface area (Å²) in [6.45, 7) is 4.06. The Morgan fingerprint density at radius 3 is 1.01 bits per heavy atom. The molecule has 0 heterocycles. The highest BCUT2D eigenvalue weighted by atomic mass is 31.2. The fraction of sp³-hybridized carbons (Fsp3) is 0.500. The van der Waals surface area contributed by atoms with Crippen LogP contribution in [0.3, 0.4) is 0 Å². The molecular weight excluding hydrogens is 1000 g/mol. The van der Waals surface area contributed by atoms with Crippen LogP contribution in [-0.2, 0) is 42.2 Å². The molecule has 12 heteroatoms. The molecule has 0 rings (SSSR count). The predicted octanol–water partition coefficient (Wildman–Crippen LogP) is 17.2. The van der Waals surface area contributed by atoms with Gasteiger partial charge in [0, 0.05) is 19.3 Å². The number of rotatable bonds is 50. The van der Waals surface area contributed by atoms with E-state index in [2.05, 4.69) is 179 Å². The summed E-state index contributed by atoms with van der Waals surface area (Å²) in [5, 5.41) is 9.81. The number of unbranched alkanes of at least 4 members (excludes halogenated alkanes) is 3. The van der Waals surface area contributed by atoms with Crippen LogP contribution in [-0.4, -0.2) is 66.5 Å². The van der Waals surface area contributed by atoms with Crippen molar-refractivity contribution in [2.45, 2.75) is 187 Å². The van der Waals surface area contributed by atoms with Gasteiger partial charge in [0.1, 0.15) is 12.7 Å². The number of carbonyl (C=O) groups excluding carboxylic acids is 3. The van der Waals surface area contributed by atoms with Crippen molar-refractivity contribution < 1.29 is 52.2 Å². The van der Waals surface area contributed by atoms with Gasteiger partial charge in [0.15, 0.2) is 6.10 Å². The average Bonchev–Trinajstić information content (AvgIpc) is 3.43. The molecule has 0 spiro atoms. The van der Waals surface area contributed by atoms with E-state index in [0.29, 0.717) is 25.7 Å². The molecule has 0 bridgehead atoms. The Morgan fingerprint density at radius 2 is 0.654 bits per heavy atom. The molecule has 0 amide bonds. The standard InChI is InChI=1S/C66H99O11P/c1-4-7-10-13-16-19-22-25-28-30-31-33-35-37-40-43-46-49-52-55-64(68)73-59-63(77-66(70)57-54-51-48-45-42-39-36-32-29-26-23-20-17-14-11-8-5-2)61-75-78(71,72)74-60-62(58-67)76-65(69)56-53-50-47-44-41-38-34-27-24-21-18-15-12-9-6-3/h7-12,16-21,25-29,31,33-34,36-37,39-41,44-46,48-49,62-63,67H,4-6,13-15,22-24,30,32,35,38,42-43,47,50-61H2,1-3H3,(H,71,72)/b10-7-,11-8-,12-9-,19-16-,20-17-,21-18-,28-25-,29-26-,33-31-,34-27-,39-36-,40-37-,44-41-,48-45-,49-46-. The van der Waals surface area contributed by atoms with Gasteiger partial charge in [-0.15, -0.1) is 0 Å². The van der Waals surface area contributed by atoms with E-state index in [9.17, 15) is 28.9 Å². The molecule has 0 aromatic rings. The summed E-state index contributed by atoms with van der Waals surface area (Å²) >= 11 is 0. The minimum absolute atomic E-state index is 0.0582. The third-order valence-electron chi connectivity index (χ3n) is 10.8. The van der Waals surface area contributed by atoms with Crippen molar-refractivity contribution in [2.75, 3.05) is 26.4 Å². The molecule has 0 saturated heterocycles. The van der Waals surface area contributed by atoms with E-state index in [4.69, 9.17) is 23.3 Å². The van der Waals surface area contributed by atoms with Crippen LogP contribution in [0.2, 0.25) is 0 Å². The first-order chi connectivity index (χ1) is 38.2. The fourth-order valence-electron chi connectivity index (χ4n) is 6.58. The van der Waals surface area contributed by atoms with Crippen molar-refractivity contribution in [3.05, 3.63) is 182 Å². The number of phosphoric acid groups is 1. The SMILES string of the molecule is CC/C=C\C/C=C\C/C=C\C/C=C\C/C=C\C/C=C\CCC(=O)OCC(COP(=O)(O)OCC(CO)OC(=O)CCCC/C=C\C/C=C\C/C=C\C/C=C\CC)OC(=O)CCC/C=C\C/C=C\C/C=C\C/C=C\C/C=C\CC. The Hall–Kier alpha value is -5.42. The first kappa shape index (κ1) is 72.6. The van der Waals surface area contributed by atoms with E-state index in [1.807, 2.05) is 24.3 Å². The molecule has 0 aromatic heterocycles. The van der Waals surface area contributed by atoms with Crippen molar-refractivity contribution in [3.63, 3.8) is 0 Å². The maximum Gasteiger partial charge on any atom is 0.472 e. The number of aliphatic hydroxyl groups excluding tert-OH is 1. The second-order valence-corrected chi connectivity index (χ2v) is 19.4. The van der Waals surface area contributed by atoms with Gasteiger partial charge in [-0.05, 0) is 135 Å². The molecule has 3 unspecified atom stereocenters. The van der Waals surface area contributed by atoms with Crippen molar-refractivity contribution in [1.82, 2.24) is 0 Å². The first-order valence-electron chi connectivity index (χ1n) is 28.7. The predicted molar refractivity (Wildman–Crippen MR) is 324 cm³/mol. The normalized spacial score (nSPS) is 14.7. The molecule has 0 aliphatic rings. The number of allylic oxidation sites excluding steroid dienone is 30. The number of carbonyl (C=O) groups is 3. The molecule has 0 fully saturated rings. The summed E-state index contributed by atoms with van der Waals surface area (Å²) in [7, 11) is -4.81. The third-order valence-corrected chi connectivity index (χ3v) is 11.8. The van der Waals surface area contributed by atoms with Gasteiger partial charge in [-0.3, -0.25) is 23.4 Å². The van der Waals surface area contributed by atoms with Crippen LogP contribution in [0.25, 0.3) is 0 Å². The van der Waals surface area contributed by atoms with Crippen LogP contribution in [0.15, 0.2) is 182 Å². The quantitative estimate of drug-likeness (QED) is 0.0197. The molecule has 0 aromatic carbocycles. The highest BCUT2D eigenvalue weighted by Gasteiger charge is 2.28. The molecular formula is C66H99O11P. The molecule has 434 valence electrons. The first-order valence-corrected chi connectivity index (χ1v) is 30.2. The van der Waals surface area contributed by atoms with E-state index in [-0.39, 0.29) is 19.3 Å². The molecule has 2 N–H and O–H groups in total. The van der Waals surface area contributed by atoms with Crippen molar-refractivity contribution in [2.24, 2.45) is 0 Å². The minimum atomic E-state index is -4.81. The number of esters is 3. The lowest BCUT2D eigenvalue weighted by molar-refractivity contribution is -0.161. The molecule has 0 radical (unpaired) electrons. The summed E-state index contributed by atoms with van der Waals surface area (Å²) in [4.78, 5) is 48.5. The fourth-order valence-corrected chi connectivity index (χ4v) is 7.37. The van der Waals surface area contributed by atoms with Gasteiger partial charge in [-0.25, -0.2) is 4.57 Å². The van der Waals surface area contributed by atoms with Crippen LogP contribution in [0.1, 0.15) is 175 Å². The third kappa shape index (κ3) is 55.3. The maximum absolute atomic E-state index is 12.9. The van der Waals surface area contributed by atoms with Gasteiger partial charge in [0.25, 0.3) is 0 Å². The van der Waals surface area contributed by atoms with Crippen LogP contribution in [0, 0.1) is 0 Å². The van der Waals surface area contributed by atoms with Gasteiger partial charge >= 0.3 is 25.7 Å². The van der Waals surface area contributed by atoms with Gasteiger partial charge < -0.3 is 24.2 Å². The van der Waals surface area contributed by atoms with Gasteiger partial charge in [0.05, 0.1) is 19.8 Å². The van der Waals surface area contributed by atoms with E-state index >= 15 is 0 Å². The van der Waals surface area contributed by atoms with Gasteiger partial charge in [-0.2, -0.15) is 0 Å². The second-order valence-electron chi connectivity index (χ2n) is 18.0. The van der Waals surface area contributed by atoms with E-state index in [1.54, 1.807) is 0 Å². The van der Waals surface area contributed by atoms with E-state index < -0.39 is 64.4 Å². The molecule has 0 saturated carbocycles. The Bertz CT molecular complexity index is 2010. The lowest BCUT2D eigenvalue weighted by Gasteiger charge is -2.21. The van der Waals surface area contributed by atoms with Gasteiger partial charge in [-0.1, -0.05) is 203 Å². The highest BCUT2D eigenvalue weighted by molar-refractivity contribution is 7.47. The molecule has 0 aliphatic heterocycles. The molecule has 3 atom stereocenters. The number of phosphoric ester groups is 1. The van der Waals surface area contributed by atoms with Crippen LogP contribution in [0.5, 0.6) is 0 Å². The van der Waals surface area contributed by atoms with Crippen LogP contribution >= 0.6 is 7.82 Å². The smallest absolute Gasteiger partial charge is 0.462 e. The van der Waals surface area contributed by atoms with Crippen LogP contribution < -0.4 is 0 Å². The lowest BCUT2D eigenvalue weighted by atomic mass is 10.2. The number of ether oxygens (including phenoxy) is 3. The average molecular weight is 1100 g/mol. The van der Waals surface area contributed by atoms with E-state index in [1.165, 1.54) is 0 Å². The monoisotopic (exact) mass is 1100 g/mol. The lowest BCUT2D eigenvalue weighted by Crippen LogP contribution is -2.30. The minimum Gasteiger partial charge on any atom is -0.462 e. The van der Waals surface area contributed by atoms with Crippen molar-refractivity contribution >= 4 is 25.7 Å². The Morgan fingerprint density at radius 1 is 0.359 bits per heavy atom. The Kier molecular flexibility index (Phi) is 53.7. The molecule has 0 aliphatic carbocycles. The van der Waals surface area contributed by atoms with Crippen LogP contribution in [0.4, 0.5) is 0 Å². The highest BCUT2D eigenvalue weighted by Crippen LogP contribution is 2.43. The summed E-state index contributed by atoms with van der Waals surface area (Å²) in [5.41, 5.74) is 0. The number of hydrogen-bond donors (Lipinski definition) is 2. The Balaban J connectivity index is 5.00. The largest absolute Gasteiger partial charge is 0.472 e. The summed E-state index contributed by atoms with van der Waals surface area (Å²) < 4.78 is 39.3. The van der Waals surface area contributed by atoms with Gasteiger partial charge in [0.2, 0.25) is 0 Å². The topological polar surface area (TPSA) is 155 Å². The van der Waals surface area contributed by atoms with E-state index in [0.717, 1.165) is 109 Å². The van der Waals surface area contributed by atoms with Crippen molar-refractivity contribution in [1.29, 1.82) is 0 Å². The zero-order chi connectivity index (χ0) is 56.9. The Labute approximate surface area is 471 Å². The molecule has 11 nitrogen and oxygen atoms in total. The van der Waals surface area contributed by atoms with Crippen molar-refractivity contribution in [3.8, 4) is 0 Å². The second kappa shape index (κ2) is 57.7. The summed E-state index contributed by atoms with van der Waals surface area (Å²) in [6.07, 6.45) is 78.8. The molecule has 78 heavy (non-hydrogen) atoms. The number of aliphatic hydroxyl groups is 1. The maximum atomic E-state index is 12.9. The zero-order valence-corrected chi connectivity index (χ0v) is 48.7. The number of hydrogen-bond acceptors (Lipinski definition) is 10.